The minimum atomic E-state index is -0.606. The van der Waals surface area contributed by atoms with Gasteiger partial charge in [-0.25, -0.2) is 5.43 Å². The van der Waals surface area contributed by atoms with Crippen LogP contribution in [-0.4, -0.2) is 30.2 Å². The van der Waals surface area contributed by atoms with E-state index in [1.54, 1.807) is 24.3 Å². The van der Waals surface area contributed by atoms with E-state index in [2.05, 4.69) is 15.8 Å². The maximum absolute atomic E-state index is 11.9. The van der Waals surface area contributed by atoms with E-state index < -0.39 is 18.2 Å². The zero-order chi connectivity index (χ0) is 18.2. The van der Waals surface area contributed by atoms with Gasteiger partial charge in [0.25, 0.3) is 0 Å². The van der Waals surface area contributed by atoms with E-state index in [1.807, 2.05) is 0 Å². The molecule has 25 heavy (non-hydrogen) atoms. The Kier molecular flexibility index (Phi) is 6.36. The fourth-order valence-corrected chi connectivity index (χ4v) is 2.11. The van der Waals surface area contributed by atoms with Crippen LogP contribution in [0.2, 0.25) is 5.02 Å². The third-order valence-electron chi connectivity index (χ3n) is 3.08. The van der Waals surface area contributed by atoms with Crippen molar-refractivity contribution in [2.24, 2.45) is 5.10 Å². The molecule has 0 saturated heterocycles. The van der Waals surface area contributed by atoms with Crippen LogP contribution in [0.3, 0.4) is 0 Å². The van der Waals surface area contributed by atoms with E-state index in [9.17, 15) is 14.7 Å². The number of nitrogens with zero attached hydrogens (tertiary/aromatic N) is 1. The quantitative estimate of drug-likeness (QED) is 0.418. The van der Waals surface area contributed by atoms with Crippen LogP contribution in [0.1, 0.15) is 12.0 Å². The Morgan fingerprint density at radius 3 is 2.76 bits per heavy atom. The van der Waals surface area contributed by atoms with Crippen LogP contribution < -0.4 is 15.5 Å². The molecule has 0 aromatic heterocycles. The van der Waals surface area contributed by atoms with Crippen LogP contribution in [0, 0.1) is 0 Å². The lowest BCUT2D eigenvalue weighted by atomic mass is 10.2. The van der Waals surface area contributed by atoms with Crippen molar-refractivity contribution in [3.05, 3.63) is 53.1 Å². The van der Waals surface area contributed by atoms with Gasteiger partial charge in [-0.15, -0.1) is 0 Å². The highest BCUT2D eigenvalue weighted by Crippen LogP contribution is 2.23. The van der Waals surface area contributed by atoms with Crippen LogP contribution >= 0.6 is 11.6 Å². The van der Waals surface area contributed by atoms with E-state index in [1.165, 1.54) is 31.5 Å². The van der Waals surface area contributed by atoms with Crippen molar-refractivity contribution in [2.75, 3.05) is 12.4 Å². The van der Waals surface area contributed by atoms with E-state index in [0.717, 1.165) is 0 Å². The number of ether oxygens (including phenoxy) is 1. The summed E-state index contributed by atoms with van der Waals surface area (Å²) in [5, 5.41) is 16.3. The average Bonchev–Trinajstić information content (AvgIpc) is 2.58. The number of benzene rings is 2. The Morgan fingerprint density at radius 1 is 1.24 bits per heavy atom. The van der Waals surface area contributed by atoms with Crippen molar-refractivity contribution in [3.8, 4) is 11.5 Å². The molecule has 2 rings (SSSR count). The van der Waals surface area contributed by atoms with E-state index in [-0.39, 0.29) is 5.75 Å². The second kappa shape index (κ2) is 8.70. The number of amides is 2. The van der Waals surface area contributed by atoms with Gasteiger partial charge in [0, 0.05) is 10.6 Å². The summed E-state index contributed by atoms with van der Waals surface area (Å²) in [6.07, 6.45) is 0.814. The van der Waals surface area contributed by atoms with Gasteiger partial charge in [-0.2, -0.15) is 5.10 Å². The summed E-state index contributed by atoms with van der Waals surface area (Å²) in [7, 11) is 1.48. The van der Waals surface area contributed by atoms with Crippen molar-refractivity contribution in [2.45, 2.75) is 6.42 Å². The minimum Gasteiger partial charge on any atom is -0.507 e. The largest absolute Gasteiger partial charge is 0.507 e. The number of methoxy groups -OCH3 is 1. The van der Waals surface area contributed by atoms with Crippen molar-refractivity contribution in [3.63, 3.8) is 0 Å². The summed E-state index contributed by atoms with van der Waals surface area (Å²) >= 11 is 5.81. The molecule has 2 aromatic carbocycles. The topological polar surface area (TPSA) is 100 Å². The highest BCUT2D eigenvalue weighted by molar-refractivity contribution is 6.30. The van der Waals surface area contributed by atoms with Gasteiger partial charge in [0.2, 0.25) is 11.8 Å². The van der Waals surface area contributed by atoms with Gasteiger partial charge in [0.05, 0.1) is 19.0 Å². The molecule has 7 nitrogen and oxygen atoms in total. The van der Waals surface area contributed by atoms with Crippen LogP contribution in [0.4, 0.5) is 5.69 Å². The number of phenolic OH excluding ortho intramolecular Hbond substituents is 1. The van der Waals surface area contributed by atoms with Crippen molar-refractivity contribution < 1.29 is 19.4 Å². The molecule has 0 spiro atoms. The number of phenols is 1. The second-order valence-corrected chi connectivity index (χ2v) is 5.36. The second-order valence-electron chi connectivity index (χ2n) is 4.92. The molecular weight excluding hydrogens is 346 g/mol. The number of aromatic hydroxyl groups is 1. The van der Waals surface area contributed by atoms with Crippen LogP contribution in [-0.2, 0) is 9.59 Å². The molecule has 0 aliphatic rings. The number of para-hydroxylation sites is 2. The summed E-state index contributed by atoms with van der Waals surface area (Å²) in [4.78, 5) is 23.6. The van der Waals surface area contributed by atoms with Crippen LogP contribution in [0.25, 0.3) is 0 Å². The first-order valence-corrected chi connectivity index (χ1v) is 7.60. The summed E-state index contributed by atoms with van der Waals surface area (Å²) in [6, 6.07) is 11.3. The lowest BCUT2D eigenvalue weighted by molar-refractivity contribution is -0.126. The predicted molar refractivity (Wildman–Crippen MR) is 95.1 cm³/mol. The molecular formula is C17H16ClN3O4. The molecule has 0 radical (unpaired) electrons. The zero-order valence-corrected chi connectivity index (χ0v) is 14.1. The Balaban J connectivity index is 1.88. The first-order chi connectivity index (χ1) is 12.0. The van der Waals surface area contributed by atoms with Gasteiger partial charge in [-0.3, -0.25) is 9.59 Å². The molecule has 130 valence electrons. The number of hydrogen-bond acceptors (Lipinski definition) is 5. The molecule has 0 aliphatic heterocycles. The van der Waals surface area contributed by atoms with Gasteiger partial charge in [0.15, 0.2) is 0 Å². The van der Waals surface area contributed by atoms with Crippen molar-refractivity contribution >= 4 is 35.3 Å². The lowest BCUT2D eigenvalue weighted by Crippen LogP contribution is -2.24. The van der Waals surface area contributed by atoms with Gasteiger partial charge in [0.1, 0.15) is 17.9 Å². The fraction of sp³-hybridized carbons (Fsp3) is 0.118. The first-order valence-electron chi connectivity index (χ1n) is 7.23. The molecule has 0 saturated carbocycles. The third kappa shape index (κ3) is 5.50. The molecule has 0 atom stereocenters. The van der Waals surface area contributed by atoms with E-state index in [0.29, 0.717) is 22.0 Å². The molecule has 2 aromatic rings. The van der Waals surface area contributed by atoms with Gasteiger partial charge < -0.3 is 15.2 Å². The molecule has 2 amide bonds. The molecule has 0 heterocycles. The molecule has 0 aliphatic carbocycles. The number of carbonyl (C=O) groups excluding carboxylic acids is 2. The molecule has 0 unspecified atom stereocenters. The Labute approximate surface area is 149 Å². The Bertz CT molecular complexity index is 808. The molecule has 3 N–H and O–H groups in total. The van der Waals surface area contributed by atoms with E-state index >= 15 is 0 Å². The highest BCUT2D eigenvalue weighted by Gasteiger charge is 2.11. The summed E-state index contributed by atoms with van der Waals surface area (Å²) < 4.78 is 5.11. The van der Waals surface area contributed by atoms with Crippen molar-refractivity contribution in [1.29, 1.82) is 0 Å². The number of halogens is 1. The SMILES string of the molecule is COc1ccccc1NC(=O)CC(=O)NN=Cc1cc(Cl)ccc1O. The number of anilines is 1. The summed E-state index contributed by atoms with van der Waals surface area (Å²) in [6.45, 7) is 0. The maximum Gasteiger partial charge on any atom is 0.249 e. The average molecular weight is 362 g/mol. The summed E-state index contributed by atoms with van der Waals surface area (Å²) in [5.41, 5.74) is 3.01. The minimum absolute atomic E-state index is 0.0312. The van der Waals surface area contributed by atoms with Crippen molar-refractivity contribution in [1.82, 2.24) is 5.43 Å². The van der Waals surface area contributed by atoms with Gasteiger partial charge in [-0.05, 0) is 30.3 Å². The maximum atomic E-state index is 11.9. The number of hydrazone groups is 1. The highest BCUT2D eigenvalue weighted by atomic mass is 35.5. The van der Waals surface area contributed by atoms with Gasteiger partial charge in [-0.1, -0.05) is 23.7 Å². The Hall–Kier alpha value is -3.06. The zero-order valence-electron chi connectivity index (χ0n) is 13.3. The standard InChI is InChI=1S/C17H16ClN3O4/c1-25-15-5-3-2-4-13(15)20-16(23)9-17(24)21-19-10-11-8-12(18)6-7-14(11)22/h2-8,10,22H,9H2,1H3,(H,20,23)(H,21,24). The fourth-order valence-electron chi connectivity index (χ4n) is 1.93. The smallest absolute Gasteiger partial charge is 0.249 e. The monoisotopic (exact) mass is 361 g/mol. The first kappa shape index (κ1) is 18.3. The van der Waals surface area contributed by atoms with E-state index in [4.69, 9.17) is 16.3 Å². The predicted octanol–water partition coefficient (Wildman–Crippen LogP) is 2.53. The number of nitrogens with one attached hydrogen (secondary N) is 2. The normalized spacial score (nSPS) is 10.5. The number of hydrogen-bond donors (Lipinski definition) is 3. The van der Waals surface area contributed by atoms with Crippen LogP contribution in [0.5, 0.6) is 11.5 Å². The molecule has 8 heteroatoms. The molecule has 0 fully saturated rings. The lowest BCUT2D eigenvalue weighted by Gasteiger charge is -2.09. The molecule has 0 bridgehead atoms. The number of carbonyl (C=O) groups is 2. The number of rotatable bonds is 6. The third-order valence-corrected chi connectivity index (χ3v) is 3.32. The van der Waals surface area contributed by atoms with Gasteiger partial charge >= 0.3 is 0 Å². The summed E-state index contributed by atoms with van der Waals surface area (Å²) in [5.74, 6) is -0.657. The Morgan fingerprint density at radius 2 is 2.00 bits per heavy atom. The van der Waals surface area contributed by atoms with Crippen LogP contribution in [0.15, 0.2) is 47.6 Å².